The molecule has 0 saturated heterocycles. The van der Waals surface area contributed by atoms with Crippen LogP contribution in [0.3, 0.4) is 0 Å². The summed E-state index contributed by atoms with van der Waals surface area (Å²) in [5.41, 5.74) is -2.68. The lowest BCUT2D eigenvalue weighted by Crippen LogP contribution is -2.53. The van der Waals surface area contributed by atoms with Gasteiger partial charge in [0, 0.05) is 18.5 Å². The van der Waals surface area contributed by atoms with Crippen LogP contribution in [0.5, 0.6) is 23.0 Å². The monoisotopic (exact) mass is 582 g/mol. The van der Waals surface area contributed by atoms with E-state index in [1.807, 2.05) is 0 Å². The Morgan fingerprint density at radius 2 is 1.80 bits per heavy atom. The zero-order chi connectivity index (χ0) is 34.5. The van der Waals surface area contributed by atoms with Crippen molar-refractivity contribution in [1.29, 1.82) is 0 Å². The van der Waals surface area contributed by atoms with Crippen molar-refractivity contribution in [3.05, 3.63) is 59.0 Å². The van der Waals surface area contributed by atoms with E-state index in [0.29, 0.717) is 0 Å². The lowest BCUT2D eigenvalue weighted by molar-refractivity contribution is -0.341. The topological polar surface area (TPSA) is 168 Å². The van der Waals surface area contributed by atoms with Crippen LogP contribution >= 0.6 is 7.82 Å². The summed E-state index contributed by atoms with van der Waals surface area (Å²) in [5.74, 6) is -3.78. The van der Waals surface area contributed by atoms with Gasteiger partial charge in [0.05, 0.1) is 49.3 Å². The molecule has 4 rings (SSSR count). The molecule has 3 heterocycles. The number of hydrogen-bond donors (Lipinski definition) is 0. The Balaban J connectivity index is 1.81. The average Bonchev–Trinajstić information content (AvgIpc) is 2.95. The number of carbonyl (C=O) groups is 1. The summed E-state index contributed by atoms with van der Waals surface area (Å²) < 4.78 is 102. The fraction of sp³-hybridized carbons (Fsp3) is 0.360. The molecule has 0 fully saturated rings. The van der Waals surface area contributed by atoms with E-state index in [0.717, 1.165) is 6.20 Å². The Labute approximate surface area is 237 Å². The van der Waals surface area contributed by atoms with E-state index in [9.17, 15) is 19.1 Å². The minimum Gasteiger partial charge on any atom is -0.790 e. The molecule has 0 spiro atoms. The quantitative estimate of drug-likeness (QED) is 0.317. The fourth-order valence-electron chi connectivity index (χ4n) is 3.59. The predicted molar refractivity (Wildman–Crippen MR) is 134 cm³/mol. The summed E-state index contributed by atoms with van der Waals surface area (Å²) in [5, 5.41) is 0. The number of pyridine rings is 1. The number of benzene rings is 1. The van der Waals surface area contributed by atoms with E-state index in [1.54, 1.807) is 0 Å². The molecular weight excluding hydrogens is 550 g/mol. The molecule has 0 saturated carbocycles. The second-order valence-electron chi connectivity index (χ2n) is 8.61. The third-order valence-electron chi connectivity index (χ3n) is 5.39. The number of rotatable bonds is 10. The van der Waals surface area contributed by atoms with Crippen molar-refractivity contribution in [2.75, 3.05) is 32.9 Å². The maximum absolute atomic E-state index is 15.0. The standard InChI is InChI=1S/C25H28FN4O9P/c1-25(2)24(31)30(13-38-40(32,33)34)23-18(39-25)7-6-15(28-23)11-17-16(26)12-27-21(29-17)10-14-8-19(35-3)22(37-5)20(9-14)36-4/h6-9,12H,10-11,13H2,1-5H3,(H2,32,33,34)/p-2/i6D,7D,8D,9D,13D2. The largest absolute Gasteiger partial charge is 0.790 e. The lowest BCUT2D eigenvalue weighted by Gasteiger charge is -2.39. The molecule has 15 heteroatoms. The minimum absolute atomic E-state index is 0.0140. The minimum atomic E-state index is -6.02. The van der Waals surface area contributed by atoms with Crippen LogP contribution in [-0.2, 0) is 26.7 Å². The molecule has 1 aromatic carbocycles. The SMILES string of the molecule is [2H]c1c(Cc2nc(Cc3c([2H])c(OC)c(OC)c(OC)c3[2H])ncc2F)nc2c(c1[2H])OC(C)(C)C(=O)N2C([2H])([2H])OP(=O)([O-])[O-]. The number of phosphoric ester groups is 1. The summed E-state index contributed by atoms with van der Waals surface area (Å²) in [6.07, 6.45) is -0.128. The first-order chi connectivity index (χ1) is 21.3. The summed E-state index contributed by atoms with van der Waals surface area (Å²) in [6, 6.07) is -1.84. The first kappa shape index (κ1) is 21.9. The van der Waals surface area contributed by atoms with Gasteiger partial charge in [-0.25, -0.2) is 19.3 Å². The second-order valence-corrected chi connectivity index (χ2v) is 9.68. The normalized spacial score (nSPS) is 16.9. The Morgan fingerprint density at radius 1 is 1.12 bits per heavy atom. The summed E-state index contributed by atoms with van der Waals surface area (Å²) in [6.45, 7) is -1.30. The van der Waals surface area contributed by atoms with Crippen LogP contribution in [0.15, 0.2) is 30.4 Å². The van der Waals surface area contributed by atoms with Crippen molar-refractivity contribution in [2.45, 2.75) is 32.3 Å². The Hall–Kier alpha value is -3.84. The summed E-state index contributed by atoms with van der Waals surface area (Å²) in [4.78, 5) is 48.0. The Morgan fingerprint density at radius 3 is 2.40 bits per heavy atom. The molecule has 0 atom stereocenters. The van der Waals surface area contributed by atoms with Gasteiger partial charge in [-0.05, 0) is 43.6 Å². The van der Waals surface area contributed by atoms with Crippen LogP contribution in [0.2, 0.25) is 0 Å². The van der Waals surface area contributed by atoms with Crippen molar-refractivity contribution in [2.24, 2.45) is 0 Å². The molecule has 1 amide bonds. The van der Waals surface area contributed by atoms with Crippen molar-refractivity contribution in [3.63, 3.8) is 0 Å². The zero-order valence-electron chi connectivity index (χ0n) is 27.8. The number of aromatic nitrogens is 3. The van der Waals surface area contributed by atoms with E-state index in [4.69, 9.17) is 27.2 Å². The number of fused-ring (bicyclic) bond motifs is 1. The van der Waals surface area contributed by atoms with Crippen molar-refractivity contribution >= 4 is 19.5 Å². The number of anilines is 1. The zero-order valence-corrected chi connectivity index (χ0v) is 22.7. The second kappa shape index (κ2) is 11.3. The van der Waals surface area contributed by atoms with Crippen LogP contribution in [0.1, 0.15) is 44.8 Å². The van der Waals surface area contributed by atoms with Crippen LogP contribution in [0.4, 0.5) is 10.2 Å². The predicted octanol–water partition coefficient (Wildman–Crippen LogP) is 1.52. The van der Waals surface area contributed by atoms with E-state index in [-0.39, 0.29) is 57.7 Å². The van der Waals surface area contributed by atoms with Crippen molar-refractivity contribution < 1.29 is 55.2 Å². The third kappa shape index (κ3) is 6.31. The van der Waals surface area contributed by atoms with Crippen LogP contribution in [0.25, 0.3) is 0 Å². The maximum Gasteiger partial charge on any atom is 0.273 e. The van der Waals surface area contributed by atoms with Crippen LogP contribution in [0, 0.1) is 5.82 Å². The number of nitrogens with zero attached hydrogens (tertiary/aromatic N) is 4. The van der Waals surface area contributed by atoms with Gasteiger partial charge in [-0.3, -0.25) is 9.69 Å². The van der Waals surface area contributed by atoms with Crippen LogP contribution in [-0.4, -0.2) is 54.5 Å². The van der Waals surface area contributed by atoms with Crippen LogP contribution < -0.4 is 33.6 Å². The molecule has 3 aromatic rings. The molecule has 40 heavy (non-hydrogen) atoms. The molecule has 2 aromatic heterocycles. The number of amides is 1. The van der Waals surface area contributed by atoms with E-state index < -0.39 is 67.6 Å². The number of hydrogen-bond acceptors (Lipinski definition) is 12. The number of ether oxygens (including phenoxy) is 4. The molecule has 13 nitrogen and oxygen atoms in total. The van der Waals surface area contributed by atoms with Gasteiger partial charge in [0.25, 0.3) is 5.91 Å². The Bertz CT molecular complexity index is 1750. The number of carbonyl (C=O) groups excluding carboxylic acids is 1. The van der Waals surface area contributed by atoms with Gasteiger partial charge in [-0.1, -0.05) is 0 Å². The summed E-state index contributed by atoms with van der Waals surface area (Å²) in [7, 11) is -2.14. The van der Waals surface area contributed by atoms with E-state index >= 15 is 4.39 Å². The van der Waals surface area contributed by atoms with Crippen molar-refractivity contribution in [1.82, 2.24) is 15.0 Å². The highest BCUT2D eigenvalue weighted by atomic mass is 31.2. The fourth-order valence-corrected chi connectivity index (χ4v) is 3.77. The van der Waals surface area contributed by atoms with Gasteiger partial charge in [-0.2, -0.15) is 0 Å². The summed E-state index contributed by atoms with van der Waals surface area (Å²) >= 11 is 0. The highest BCUT2D eigenvalue weighted by Gasteiger charge is 2.42. The van der Waals surface area contributed by atoms with Gasteiger partial charge in [0.15, 0.2) is 34.5 Å². The average molecular weight is 583 g/mol. The van der Waals surface area contributed by atoms with Gasteiger partial charge in [0.1, 0.15) is 12.5 Å². The number of halogens is 1. The Kier molecular flexibility index (Phi) is 6.21. The molecule has 1 aliphatic heterocycles. The molecule has 0 bridgehead atoms. The van der Waals surface area contributed by atoms with E-state index in [2.05, 4.69) is 19.5 Å². The first-order valence-electron chi connectivity index (χ1n) is 14.3. The third-order valence-corrected chi connectivity index (χ3v) is 5.69. The number of phosphoric acid groups is 1. The molecule has 0 aliphatic carbocycles. The lowest BCUT2D eigenvalue weighted by atomic mass is 10.1. The number of methoxy groups -OCH3 is 3. The highest BCUT2D eigenvalue weighted by Crippen LogP contribution is 2.39. The molecule has 1 aliphatic rings. The van der Waals surface area contributed by atoms with E-state index in [1.165, 1.54) is 35.2 Å². The van der Waals surface area contributed by atoms with Gasteiger partial charge < -0.3 is 37.8 Å². The molecular formula is C25H26FN4O9P-2. The first-order valence-corrected chi connectivity index (χ1v) is 12.8. The molecule has 0 radical (unpaired) electrons. The molecule has 0 N–H and O–H groups in total. The van der Waals surface area contributed by atoms with Gasteiger partial charge >= 0.3 is 0 Å². The smallest absolute Gasteiger partial charge is 0.273 e. The maximum atomic E-state index is 15.0. The highest BCUT2D eigenvalue weighted by molar-refractivity contribution is 7.43. The van der Waals surface area contributed by atoms with Gasteiger partial charge in [0.2, 0.25) is 5.75 Å². The van der Waals surface area contributed by atoms with Gasteiger partial charge in [-0.15, -0.1) is 0 Å². The molecule has 0 unspecified atom stereocenters. The molecule has 214 valence electrons. The van der Waals surface area contributed by atoms with Crippen molar-refractivity contribution in [3.8, 4) is 23.0 Å².